The van der Waals surface area contributed by atoms with Gasteiger partial charge in [0, 0.05) is 17.5 Å². The number of hydrogen-bond donors (Lipinski definition) is 2. The van der Waals surface area contributed by atoms with Gasteiger partial charge in [0.25, 0.3) is 5.91 Å². The molecule has 2 aromatic rings. The topological polar surface area (TPSA) is 67.4 Å². The molecular formula is C24H27ClN2O3. The third-order valence-corrected chi connectivity index (χ3v) is 6.54. The van der Waals surface area contributed by atoms with Crippen LogP contribution in [0.15, 0.2) is 48.5 Å². The molecule has 0 unspecified atom stereocenters. The quantitative estimate of drug-likeness (QED) is 0.765. The highest BCUT2D eigenvalue weighted by Gasteiger charge is 2.42. The largest absolute Gasteiger partial charge is 0.485 e. The molecule has 0 bridgehead atoms. The zero-order valence-corrected chi connectivity index (χ0v) is 17.9. The zero-order valence-electron chi connectivity index (χ0n) is 17.1. The second-order valence-corrected chi connectivity index (χ2v) is 8.88. The summed E-state index contributed by atoms with van der Waals surface area (Å²) in [5.41, 5.74) is 1.22. The highest BCUT2D eigenvalue weighted by Crippen LogP contribution is 2.38. The molecule has 2 N–H and O–H groups in total. The maximum absolute atomic E-state index is 12.7. The van der Waals surface area contributed by atoms with Crippen molar-refractivity contribution >= 4 is 23.4 Å². The van der Waals surface area contributed by atoms with E-state index in [1.165, 1.54) is 5.56 Å². The van der Waals surface area contributed by atoms with E-state index in [4.69, 9.17) is 16.3 Å². The average molecular weight is 427 g/mol. The molecule has 1 aliphatic heterocycles. The van der Waals surface area contributed by atoms with Crippen LogP contribution in [-0.4, -0.2) is 30.5 Å². The van der Waals surface area contributed by atoms with Crippen LogP contribution in [0, 0.1) is 5.92 Å². The lowest BCUT2D eigenvalue weighted by Gasteiger charge is -2.39. The minimum absolute atomic E-state index is 0.0224. The number of rotatable bonds is 4. The maximum Gasteiger partial charge on any atom is 0.255 e. The Kier molecular flexibility index (Phi) is 6.00. The van der Waals surface area contributed by atoms with E-state index in [0.29, 0.717) is 29.4 Å². The molecular weight excluding hydrogens is 400 g/mol. The Hall–Kier alpha value is -2.53. The molecule has 1 fully saturated rings. The standard InChI is InChI=1S/C24H27ClN2O3/c1-16(17-5-3-2-4-6-17)14-26-22(28)18-9-11-24(12-10-18)15-27-23(29)20-13-19(25)7-8-21(20)30-24/h2-8,13,16,18H,9-12,14-15H2,1H3,(H,26,28)(H,27,29)/t16-,18?,24?/m1/s1. The summed E-state index contributed by atoms with van der Waals surface area (Å²) in [7, 11) is 0. The van der Waals surface area contributed by atoms with Crippen LogP contribution in [-0.2, 0) is 4.79 Å². The van der Waals surface area contributed by atoms with E-state index < -0.39 is 5.60 Å². The van der Waals surface area contributed by atoms with E-state index >= 15 is 0 Å². The van der Waals surface area contributed by atoms with Gasteiger partial charge in [0.15, 0.2) is 0 Å². The van der Waals surface area contributed by atoms with E-state index in [-0.39, 0.29) is 23.7 Å². The van der Waals surface area contributed by atoms with Crippen molar-refractivity contribution in [1.82, 2.24) is 10.6 Å². The fourth-order valence-corrected chi connectivity index (χ4v) is 4.53. The Morgan fingerprint density at radius 2 is 1.97 bits per heavy atom. The molecule has 1 atom stereocenters. The lowest BCUT2D eigenvalue weighted by molar-refractivity contribution is -0.127. The van der Waals surface area contributed by atoms with Gasteiger partial charge in [-0.3, -0.25) is 9.59 Å². The average Bonchev–Trinajstić information content (AvgIpc) is 2.90. The second kappa shape index (κ2) is 8.68. The van der Waals surface area contributed by atoms with Gasteiger partial charge in [0.1, 0.15) is 11.4 Å². The number of carbonyl (C=O) groups is 2. The first kappa shape index (κ1) is 20.7. The van der Waals surface area contributed by atoms with Crippen LogP contribution in [0.5, 0.6) is 5.75 Å². The van der Waals surface area contributed by atoms with Crippen molar-refractivity contribution in [3.63, 3.8) is 0 Å². The molecule has 1 spiro atoms. The number of halogens is 1. The summed E-state index contributed by atoms with van der Waals surface area (Å²) in [5.74, 6) is 0.755. The second-order valence-electron chi connectivity index (χ2n) is 8.44. The summed E-state index contributed by atoms with van der Waals surface area (Å²) in [4.78, 5) is 25.1. The van der Waals surface area contributed by atoms with Crippen LogP contribution >= 0.6 is 11.6 Å². The molecule has 1 heterocycles. The van der Waals surface area contributed by atoms with Crippen molar-refractivity contribution < 1.29 is 14.3 Å². The molecule has 0 radical (unpaired) electrons. The Morgan fingerprint density at radius 3 is 2.70 bits per heavy atom. The highest BCUT2D eigenvalue weighted by molar-refractivity contribution is 6.31. The van der Waals surface area contributed by atoms with Gasteiger partial charge in [-0.1, -0.05) is 48.9 Å². The predicted molar refractivity (Wildman–Crippen MR) is 117 cm³/mol. The number of carbonyl (C=O) groups excluding carboxylic acids is 2. The van der Waals surface area contributed by atoms with E-state index in [1.807, 2.05) is 18.2 Å². The molecule has 30 heavy (non-hydrogen) atoms. The zero-order chi connectivity index (χ0) is 21.1. The number of amides is 2. The number of fused-ring (bicyclic) bond motifs is 1. The summed E-state index contributed by atoms with van der Waals surface area (Å²) in [5, 5.41) is 6.59. The van der Waals surface area contributed by atoms with Gasteiger partial charge < -0.3 is 15.4 Å². The third-order valence-electron chi connectivity index (χ3n) is 6.30. The van der Waals surface area contributed by atoms with Crippen molar-refractivity contribution in [1.29, 1.82) is 0 Å². The van der Waals surface area contributed by atoms with Crippen LogP contribution in [0.25, 0.3) is 0 Å². The molecule has 1 saturated carbocycles. The number of hydrogen-bond acceptors (Lipinski definition) is 3. The fraction of sp³-hybridized carbons (Fsp3) is 0.417. The van der Waals surface area contributed by atoms with E-state index in [1.54, 1.807) is 18.2 Å². The van der Waals surface area contributed by atoms with Crippen molar-refractivity contribution in [3.8, 4) is 5.75 Å². The molecule has 4 rings (SSSR count). The molecule has 0 aromatic heterocycles. The smallest absolute Gasteiger partial charge is 0.255 e. The van der Waals surface area contributed by atoms with Crippen molar-refractivity contribution in [3.05, 3.63) is 64.7 Å². The minimum Gasteiger partial charge on any atom is -0.485 e. The third kappa shape index (κ3) is 4.46. The van der Waals surface area contributed by atoms with Crippen LogP contribution in [0.4, 0.5) is 0 Å². The summed E-state index contributed by atoms with van der Waals surface area (Å²) in [6, 6.07) is 15.3. The van der Waals surface area contributed by atoms with Gasteiger partial charge in [0.05, 0.1) is 12.1 Å². The Balaban J connectivity index is 1.34. The van der Waals surface area contributed by atoms with Gasteiger partial charge in [-0.15, -0.1) is 0 Å². The normalized spacial score (nSPS) is 24.2. The summed E-state index contributed by atoms with van der Waals surface area (Å²) in [6.45, 7) is 3.19. The fourth-order valence-electron chi connectivity index (χ4n) is 4.36. The predicted octanol–water partition coefficient (Wildman–Crippen LogP) is 4.31. The van der Waals surface area contributed by atoms with E-state index in [0.717, 1.165) is 25.7 Å². The minimum atomic E-state index is -0.469. The highest BCUT2D eigenvalue weighted by atomic mass is 35.5. The first-order valence-electron chi connectivity index (χ1n) is 10.6. The molecule has 1 aliphatic carbocycles. The summed E-state index contributed by atoms with van der Waals surface area (Å²) < 4.78 is 6.32. The molecule has 2 amide bonds. The first-order valence-corrected chi connectivity index (χ1v) is 10.9. The van der Waals surface area contributed by atoms with Crippen LogP contribution in [0.3, 0.4) is 0 Å². The van der Waals surface area contributed by atoms with Gasteiger partial charge in [-0.05, 0) is 55.4 Å². The van der Waals surface area contributed by atoms with Gasteiger partial charge in [-0.25, -0.2) is 0 Å². The van der Waals surface area contributed by atoms with Crippen LogP contribution < -0.4 is 15.4 Å². The van der Waals surface area contributed by atoms with Crippen LogP contribution in [0.1, 0.15) is 54.4 Å². The SMILES string of the molecule is C[C@H](CNC(=O)C1CCC2(CC1)CNC(=O)c1cc(Cl)ccc1O2)c1ccccc1. The van der Waals surface area contributed by atoms with E-state index in [9.17, 15) is 9.59 Å². The summed E-state index contributed by atoms with van der Waals surface area (Å²) in [6.07, 6.45) is 2.93. The molecule has 5 nitrogen and oxygen atoms in total. The summed E-state index contributed by atoms with van der Waals surface area (Å²) >= 11 is 6.04. The van der Waals surface area contributed by atoms with Crippen LogP contribution in [0.2, 0.25) is 5.02 Å². The van der Waals surface area contributed by atoms with Gasteiger partial charge in [-0.2, -0.15) is 0 Å². The van der Waals surface area contributed by atoms with Gasteiger partial charge in [0.2, 0.25) is 5.91 Å². The van der Waals surface area contributed by atoms with E-state index in [2.05, 4.69) is 29.7 Å². The molecule has 0 saturated heterocycles. The molecule has 2 aliphatic rings. The van der Waals surface area contributed by atoms with Crippen molar-refractivity contribution in [2.24, 2.45) is 5.92 Å². The van der Waals surface area contributed by atoms with Gasteiger partial charge >= 0.3 is 0 Å². The van der Waals surface area contributed by atoms with Crippen molar-refractivity contribution in [2.45, 2.75) is 44.1 Å². The van der Waals surface area contributed by atoms with Crippen molar-refractivity contribution in [2.75, 3.05) is 13.1 Å². The number of ether oxygens (including phenoxy) is 1. The maximum atomic E-state index is 12.7. The Bertz CT molecular complexity index is 923. The number of nitrogens with one attached hydrogen (secondary N) is 2. The lowest BCUT2D eigenvalue weighted by atomic mass is 9.78. The Morgan fingerprint density at radius 1 is 1.23 bits per heavy atom. The lowest BCUT2D eigenvalue weighted by Crippen LogP contribution is -2.49. The molecule has 158 valence electrons. The first-order chi connectivity index (χ1) is 14.5. The Labute approximate surface area is 182 Å². The molecule has 6 heteroatoms. The monoisotopic (exact) mass is 426 g/mol. The number of benzene rings is 2. The molecule has 2 aromatic carbocycles.